The van der Waals surface area contributed by atoms with Crippen LogP contribution in [0.4, 0.5) is 22.0 Å². The third-order valence-electron chi connectivity index (χ3n) is 1.54. The van der Waals surface area contributed by atoms with Gasteiger partial charge in [0.1, 0.15) is 0 Å². The van der Waals surface area contributed by atoms with E-state index in [-0.39, 0.29) is 12.3 Å². The quantitative estimate of drug-likeness (QED) is 0.376. The average Bonchev–Trinajstić information content (AvgIpc) is 1.96. The summed E-state index contributed by atoms with van der Waals surface area (Å²) in [6, 6.07) is 0. The second-order valence-electron chi connectivity index (χ2n) is 2.70. The predicted octanol–water partition coefficient (Wildman–Crippen LogP) is 3.98. The van der Waals surface area contributed by atoms with Crippen LogP contribution in [0.25, 0.3) is 0 Å². The molecular formula is C7H10ClF5. The minimum absolute atomic E-state index is 0.154. The van der Waals surface area contributed by atoms with Crippen molar-refractivity contribution in [3.05, 3.63) is 0 Å². The lowest BCUT2D eigenvalue weighted by molar-refractivity contribution is -0.284. The second-order valence-corrected chi connectivity index (χ2v) is 3.08. The summed E-state index contributed by atoms with van der Waals surface area (Å²) in [5.74, 6) is -4.27. The summed E-state index contributed by atoms with van der Waals surface area (Å²) < 4.78 is 59.1. The smallest absolute Gasteiger partial charge is 0.196 e. The van der Waals surface area contributed by atoms with E-state index in [0.717, 1.165) is 0 Å². The van der Waals surface area contributed by atoms with E-state index < -0.39 is 18.5 Å². The van der Waals surface area contributed by atoms with E-state index >= 15 is 0 Å². The van der Waals surface area contributed by atoms with Crippen LogP contribution in [0.1, 0.15) is 25.7 Å². The number of alkyl halides is 6. The Morgan fingerprint density at radius 3 is 1.77 bits per heavy atom. The first-order valence-electron chi connectivity index (χ1n) is 3.82. The Morgan fingerprint density at radius 1 is 0.846 bits per heavy atom. The summed E-state index contributed by atoms with van der Waals surface area (Å²) in [4.78, 5) is 0. The molecule has 0 saturated carbocycles. The van der Waals surface area contributed by atoms with Crippen LogP contribution in [0.2, 0.25) is 0 Å². The fraction of sp³-hybridized carbons (Fsp3) is 1.00. The zero-order valence-electron chi connectivity index (χ0n) is 6.80. The van der Waals surface area contributed by atoms with Crippen molar-refractivity contribution >= 4 is 11.6 Å². The first-order valence-corrected chi connectivity index (χ1v) is 4.35. The topological polar surface area (TPSA) is 0 Å². The molecule has 6 heteroatoms. The second kappa shape index (κ2) is 4.98. The average molecular weight is 225 g/mol. The molecule has 0 aliphatic heterocycles. The Morgan fingerprint density at radius 2 is 1.38 bits per heavy atom. The van der Waals surface area contributed by atoms with Gasteiger partial charge in [0.05, 0.1) is 0 Å². The van der Waals surface area contributed by atoms with Crippen LogP contribution in [-0.4, -0.2) is 18.0 Å². The molecule has 0 fully saturated rings. The highest BCUT2D eigenvalue weighted by Crippen LogP contribution is 2.39. The highest BCUT2D eigenvalue weighted by Gasteiger charge is 2.56. The van der Waals surface area contributed by atoms with Crippen LogP contribution in [0.5, 0.6) is 0 Å². The minimum atomic E-state index is -5.42. The SMILES string of the molecule is FC(F)(F)C(F)(F)CCCCCCl. The highest BCUT2D eigenvalue weighted by molar-refractivity contribution is 6.17. The summed E-state index contributed by atoms with van der Waals surface area (Å²) in [6.07, 6.45) is -5.95. The van der Waals surface area contributed by atoms with Gasteiger partial charge < -0.3 is 0 Å². The summed E-state index contributed by atoms with van der Waals surface area (Å²) in [6.45, 7) is 0. The molecule has 0 unspecified atom stereocenters. The van der Waals surface area contributed by atoms with Crippen LogP contribution in [-0.2, 0) is 0 Å². The van der Waals surface area contributed by atoms with Gasteiger partial charge in [0.25, 0.3) is 0 Å². The molecule has 0 aliphatic carbocycles. The monoisotopic (exact) mass is 224 g/mol. The van der Waals surface area contributed by atoms with Gasteiger partial charge in [-0.1, -0.05) is 6.42 Å². The third-order valence-corrected chi connectivity index (χ3v) is 1.81. The largest absolute Gasteiger partial charge is 0.453 e. The van der Waals surface area contributed by atoms with Crippen LogP contribution in [0, 0.1) is 0 Å². The van der Waals surface area contributed by atoms with Crippen molar-refractivity contribution in [2.24, 2.45) is 0 Å². The summed E-state index contributed by atoms with van der Waals surface area (Å²) in [7, 11) is 0. The maximum atomic E-state index is 12.2. The molecule has 0 heterocycles. The number of halogens is 6. The van der Waals surface area contributed by atoms with Gasteiger partial charge in [0.15, 0.2) is 0 Å². The summed E-state index contributed by atoms with van der Waals surface area (Å²) >= 11 is 5.23. The number of rotatable bonds is 5. The molecule has 0 spiro atoms. The van der Waals surface area contributed by atoms with E-state index in [2.05, 4.69) is 0 Å². The van der Waals surface area contributed by atoms with Gasteiger partial charge in [-0.2, -0.15) is 22.0 Å². The van der Waals surface area contributed by atoms with E-state index in [1.807, 2.05) is 0 Å². The van der Waals surface area contributed by atoms with Crippen molar-refractivity contribution in [3.8, 4) is 0 Å². The van der Waals surface area contributed by atoms with Gasteiger partial charge in [0, 0.05) is 12.3 Å². The van der Waals surface area contributed by atoms with Crippen LogP contribution in [0.3, 0.4) is 0 Å². The first-order chi connectivity index (χ1) is 5.81. The van der Waals surface area contributed by atoms with Crippen molar-refractivity contribution in [3.63, 3.8) is 0 Å². The van der Waals surface area contributed by atoms with E-state index in [0.29, 0.717) is 12.8 Å². The molecule has 0 radical (unpaired) electrons. The Hall–Kier alpha value is -0.0600. The Labute approximate surface area is 78.1 Å². The lowest BCUT2D eigenvalue weighted by Gasteiger charge is -2.18. The number of hydrogen-bond acceptors (Lipinski definition) is 0. The van der Waals surface area contributed by atoms with Gasteiger partial charge in [0.2, 0.25) is 0 Å². The Bertz CT molecular complexity index is 142. The van der Waals surface area contributed by atoms with Gasteiger partial charge in [-0.3, -0.25) is 0 Å². The molecule has 13 heavy (non-hydrogen) atoms. The third kappa shape index (κ3) is 4.64. The van der Waals surface area contributed by atoms with Gasteiger partial charge in [-0.05, 0) is 12.8 Å². The van der Waals surface area contributed by atoms with Gasteiger partial charge >= 0.3 is 12.1 Å². The van der Waals surface area contributed by atoms with Crippen LogP contribution >= 0.6 is 11.6 Å². The number of unbranched alkanes of at least 4 members (excludes halogenated alkanes) is 2. The van der Waals surface area contributed by atoms with Crippen molar-refractivity contribution < 1.29 is 22.0 Å². The van der Waals surface area contributed by atoms with E-state index in [1.165, 1.54) is 0 Å². The maximum Gasteiger partial charge on any atom is 0.453 e. The zero-order valence-corrected chi connectivity index (χ0v) is 7.56. The normalized spacial score (nSPS) is 13.4. The molecule has 0 bridgehead atoms. The fourth-order valence-corrected chi connectivity index (χ4v) is 0.949. The summed E-state index contributed by atoms with van der Waals surface area (Å²) in [5.41, 5.74) is 0. The number of hydrogen-bond donors (Lipinski definition) is 0. The lowest BCUT2D eigenvalue weighted by atomic mass is 10.1. The molecule has 0 atom stereocenters. The van der Waals surface area contributed by atoms with E-state index in [4.69, 9.17) is 11.6 Å². The maximum absolute atomic E-state index is 12.2. The summed E-state index contributed by atoms with van der Waals surface area (Å²) in [5, 5.41) is 0. The van der Waals surface area contributed by atoms with Crippen molar-refractivity contribution in [2.45, 2.75) is 37.8 Å². The highest BCUT2D eigenvalue weighted by atomic mass is 35.5. The van der Waals surface area contributed by atoms with Crippen molar-refractivity contribution in [1.82, 2.24) is 0 Å². The zero-order chi connectivity index (χ0) is 10.5. The molecule has 80 valence electrons. The molecule has 0 aliphatic rings. The van der Waals surface area contributed by atoms with Crippen LogP contribution < -0.4 is 0 Å². The predicted molar refractivity (Wildman–Crippen MR) is 40.2 cm³/mol. The molecule has 0 aromatic heterocycles. The standard InChI is InChI=1S/C7H10ClF5/c8-5-3-1-2-4-6(9,10)7(11,12)13/h1-5H2. The molecule has 0 saturated heterocycles. The lowest BCUT2D eigenvalue weighted by Crippen LogP contribution is -2.36. The molecule has 0 rings (SSSR count). The van der Waals surface area contributed by atoms with E-state index in [9.17, 15) is 22.0 Å². The van der Waals surface area contributed by atoms with Gasteiger partial charge in [-0.25, -0.2) is 0 Å². The Balaban J connectivity index is 3.77. The van der Waals surface area contributed by atoms with Crippen LogP contribution in [0.15, 0.2) is 0 Å². The molecule has 0 aromatic carbocycles. The first kappa shape index (κ1) is 12.9. The molecular weight excluding hydrogens is 215 g/mol. The Kier molecular flexibility index (Phi) is 4.96. The molecule has 0 nitrogen and oxygen atoms in total. The molecule has 0 amide bonds. The van der Waals surface area contributed by atoms with Crippen molar-refractivity contribution in [1.29, 1.82) is 0 Å². The minimum Gasteiger partial charge on any atom is -0.196 e. The molecule has 0 aromatic rings. The van der Waals surface area contributed by atoms with Gasteiger partial charge in [-0.15, -0.1) is 11.6 Å². The fourth-order valence-electron chi connectivity index (χ4n) is 0.760. The molecule has 0 N–H and O–H groups in total. The van der Waals surface area contributed by atoms with E-state index in [1.54, 1.807) is 0 Å². The van der Waals surface area contributed by atoms with Crippen molar-refractivity contribution in [2.75, 3.05) is 5.88 Å².